The molecule has 2 amide bonds. The Balaban J connectivity index is 1.43. The van der Waals surface area contributed by atoms with Gasteiger partial charge in [-0.25, -0.2) is 9.78 Å². The van der Waals surface area contributed by atoms with Crippen LogP contribution in [0.4, 0.5) is 10.5 Å². The van der Waals surface area contributed by atoms with E-state index in [9.17, 15) is 4.79 Å². The SMILES string of the molecule is CC(C)(C)c1csc(CCNC(=O)N2CCN(c3ccccc3Cl)CC2)n1. The number of anilines is 1. The fraction of sp³-hybridized carbons (Fsp3) is 0.500. The highest BCUT2D eigenvalue weighted by molar-refractivity contribution is 7.09. The van der Waals surface area contributed by atoms with Crippen molar-refractivity contribution in [3.05, 3.63) is 45.4 Å². The Morgan fingerprint density at radius 3 is 2.56 bits per heavy atom. The van der Waals surface area contributed by atoms with Crippen molar-refractivity contribution in [1.82, 2.24) is 15.2 Å². The molecule has 1 fully saturated rings. The van der Waals surface area contributed by atoms with Crippen LogP contribution >= 0.6 is 22.9 Å². The van der Waals surface area contributed by atoms with Gasteiger partial charge in [0.25, 0.3) is 0 Å². The predicted molar refractivity (Wildman–Crippen MR) is 113 cm³/mol. The molecule has 0 unspecified atom stereocenters. The minimum Gasteiger partial charge on any atom is -0.367 e. The molecule has 0 spiro atoms. The average molecular weight is 407 g/mol. The van der Waals surface area contributed by atoms with Gasteiger partial charge in [-0.3, -0.25) is 0 Å². The Kier molecular flexibility index (Phi) is 6.27. The van der Waals surface area contributed by atoms with Crippen molar-refractivity contribution in [3.8, 4) is 0 Å². The van der Waals surface area contributed by atoms with Crippen LogP contribution in [-0.4, -0.2) is 48.6 Å². The van der Waals surface area contributed by atoms with Crippen molar-refractivity contribution in [1.29, 1.82) is 0 Å². The number of halogens is 1. The molecule has 5 nitrogen and oxygen atoms in total. The van der Waals surface area contributed by atoms with E-state index in [0.29, 0.717) is 19.6 Å². The maximum atomic E-state index is 12.4. The van der Waals surface area contributed by atoms with E-state index >= 15 is 0 Å². The summed E-state index contributed by atoms with van der Waals surface area (Å²) >= 11 is 7.94. The quantitative estimate of drug-likeness (QED) is 0.828. The fourth-order valence-electron chi connectivity index (χ4n) is 3.02. The summed E-state index contributed by atoms with van der Waals surface area (Å²) < 4.78 is 0. The summed E-state index contributed by atoms with van der Waals surface area (Å²) in [4.78, 5) is 21.2. The number of nitrogens with one attached hydrogen (secondary N) is 1. The smallest absolute Gasteiger partial charge is 0.317 e. The molecule has 1 aliphatic heterocycles. The van der Waals surface area contributed by atoms with Crippen LogP contribution in [-0.2, 0) is 11.8 Å². The Hall–Kier alpha value is -1.79. The van der Waals surface area contributed by atoms with Crippen LogP contribution in [0.3, 0.4) is 0 Å². The van der Waals surface area contributed by atoms with Gasteiger partial charge in [-0.2, -0.15) is 0 Å². The van der Waals surface area contributed by atoms with Crippen molar-refractivity contribution in [2.75, 3.05) is 37.6 Å². The average Bonchev–Trinajstić information content (AvgIpc) is 3.12. The Morgan fingerprint density at radius 2 is 1.93 bits per heavy atom. The monoisotopic (exact) mass is 406 g/mol. The topological polar surface area (TPSA) is 48.5 Å². The molecule has 2 heterocycles. The second-order valence-electron chi connectivity index (χ2n) is 7.78. The number of para-hydroxylation sites is 1. The van der Waals surface area contributed by atoms with Gasteiger partial charge in [-0.15, -0.1) is 11.3 Å². The number of urea groups is 1. The van der Waals surface area contributed by atoms with Crippen molar-refractivity contribution >= 4 is 34.7 Å². The lowest BCUT2D eigenvalue weighted by Gasteiger charge is -2.36. The first-order valence-corrected chi connectivity index (χ1v) is 10.6. The number of carbonyl (C=O) groups is 1. The van der Waals surface area contributed by atoms with Crippen molar-refractivity contribution < 1.29 is 4.79 Å². The van der Waals surface area contributed by atoms with Crippen LogP contribution in [0.5, 0.6) is 0 Å². The van der Waals surface area contributed by atoms with Crippen LogP contribution in [0.15, 0.2) is 29.6 Å². The van der Waals surface area contributed by atoms with Crippen LogP contribution in [0.25, 0.3) is 0 Å². The molecule has 146 valence electrons. The van der Waals surface area contributed by atoms with Crippen LogP contribution in [0, 0.1) is 0 Å². The van der Waals surface area contributed by atoms with Crippen LogP contribution in [0.1, 0.15) is 31.5 Å². The third kappa shape index (κ3) is 5.14. The van der Waals surface area contributed by atoms with Crippen molar-refractivity contribution in [2.45, 2.75) is 32.6 Å². The summed E-state index contributed by atoms with van der Waals surface area (Å²) in [5.41, 5.74) is 2.22. The van der Waals surface area contributed by atoms with Gasteiger partial charge >= 0.3 is 6.03 Å². The van der Waals surface area contributed by atoms with E-state index in [2.05, 4.69) is 41.4 Å². The molecular formula is C20H27ClN4OS. The largest absolute Gasteiger partial charge is 0.367 e. The number of thiazole rings is 1. The normalized spacial score (nSPS) is 15.1. The first-order chi connectivity index (χ1) is 12.8. The third-order valence-corrected chi connectivity index (χ3v) is 5.92. The molecule has 0 aliphatic carbocycles. The van der Waals surface area contributed by atoms with Gasteiger partial charge in [0.1, 0.15) is 0 Å². The molecule has 0 radical (unpaired) electrons. The zero-order valence-corrected chi connectivity index (χ0v) is 17.7. The van der Waals surface area contributed by atoms with E-state index in [1.165, 1.54) is 0 Å². The summed E-state index contributed by atoms with van der Waals surface area (Å²) in [6.07, 6.45) is 0.770. The number of hydrogen-bond donors (Lipinski definition) is 1. The summed E-state index contributed by atoms with van der Waals surface area (Å²) in [5.74, 6) is 0. The molecule has 3 rings (SSSR count). The van der Waals surface area contributed by atoms with Crippen LogP contribution < -0.4 is 10.2 Å². The van der Waals surface area contributed by atoms with Gasteiger partial charge in [-0.05, 0) is 12.1 Å². The van der Waals surface area contributed by atoms with E-state index in [1.807, 2.05) is 29.2 Å². The molecule has 1 aromatic heterocycles. The zero-order valence-electron chi connectivity index (χ0n) is 16.2. The molecule has 27 heavy (non-hydrogen) atoms. The van der Waals surface area contributed by atoms with Gasteiger partial charge in [0.05, 0.1) is 21.4 Å². The lowest BCUT2D eigenvalue weighted by Crippen LogP contribution is -2.52. The first kappa shape index (κ1) is 20.0. The van der Waals surface area contributed by atoms with Gasteiger partial charge in [-0.1, -0.05) is 44.5 Å². The highest BCUT2D eigenvalue weighted by atomic mass is 35.5. The molecule has 1 saturated heterocycles. The number of rotatable bonds is 4. The minimum absolute atomic E-state index is 0.00131. The number of benzene rings is 1. The maximum absolute atomic E-state index is 12.4. The molecule has 1 aliphatic rings. The van der Waals surface area contributed by atoms with E-state index in [1.54, 1.807) is 11.3 Å². The number of carbonyl (C=O) groups excluding carboxylic acids is 1. The van der Waals surface area contributed by atoms with Gasteiger partial charge < -0.3 is 15.1 Å². The Morgan fingerprint density at radius 1 is 1.22 bits per heavy atom. The van der Waals surface area contributed by atoms with E-state index < -0.39 is 0 Å². The first-order valence-electron chi connectivity index (χ1n) is 9.32. The van der Waals surface area contributed by atoms with Crippen molar-refractivity contribution in [3.63, 3.8) is 0 Å². The van der Waals surface area contributed by atoms with Crippen molar-refractivity contribution in [2.24, 2.45) is 0 Å². The second kappa shape index (κ2) is 8.48. The molecule has 2 aromatic rings. The number of amides is 2. The number of piperazine rings is 1. The molecule has 0 atom stereocenters. The second-order valence-corrected chi connectivity index (χ2v) is 9.13. The highest BCUT2D eigenvalue weighted by Crippen LogP contribution is 2.26. The summed E-state index contributed by atoms with van der Waals surface area (Å²) in [6.45, 7) is 10.1. The summed E-state index contributed by atoms with van der Waals surface area (Å²) in [6, 6.07) is 7.85. The van der Waals surface area contributed by atoms with Crippen LogP contribution in [0.2, 0.25) is 5.02 Å². The maximum Gasteiger partial charge on any atom is 0.317 e. The third-order valence-electron chi connectivity index (χ3n) is 4.70. The van der Waals surface area contributed by atoms with E-state index in [4.69, 9.17) is 11.6 Å². The number of aromatic nitrogens is 1. The predicted octanol–water partition coefficient (Wildman–Crippen LogP) is 4.17. The molecule has 1 aromatic carbocycles. The highest BCUT2D eigenvalue weighted by Gasteiger charge is 2.22. The summed E-state index contributed by atoms with van der Waals surface area (Å²) in [7, 11) is 0. The molecule has 1 N–H and O–H groups in total. The van der Waals surface area contributed by atoms with Gasteiger partial charge in [0.15, 0.2) is 0 Å². The minimum atomic E-state index is 0.00131. The Labute approximate surface area is 170 Å². The standard InChI is InChI=1S/C20H27ClN4OS/c1-20(2,3)17-14-27-18(23-17)8-9-22-19(26)25-12-10-24(11-13-25)16-7-5-4-6-15(16)21/h4-7,14H,8-13H2,1-3H3,(H,22,26). The lowest BCUT2D eigenvalue weighted by atomic mass is 9.93. The van der Waals surface area contributed by atoms with E-state index in [0.717, 1.165) is 40.9 Å². The fourth-order valence-corrected chi connectivity index (χ4v) is 4.30. The molecule has 0 bridgehead atoms. The summed E-state index contributed by atoms with van der Waals surface area (Å²) in [5, 5.41) is 6.97. The van der Waals surface area contributed by atoms with E-state index in [-0.39, 0.29) is 11.4 Å². The lowest BCUT2D eigenvalue weighted by molar-refractivity contribution is 0.194. The molecular weight excluding hydrogens is 380 g/mol. The van der Waals surface area contributed by atoms with Gasteiger partial charge in [0.2, 0.25) is 0 Å². The van der Waals surface area contributed by atoms with Gasteiger partial charge in [0, 0.05) is 49.9 Å². The number of nitrogens with zero attached hydrogens (tertiary/aromatic N) is 3. The molecule has 7 heteroatoms. The zero-order chi connectivity index (χ0) is 19.4. The Bertz CT molecular complexity index is 778. The number of hydrogen-bond acceptors (Lipinski definition) is 4. The molecule has 0 saturated carbocycles.